The molecule has 0 aliphatic carbocycles. The number of nitrogens with zero attached hydrogens (tertiary/aromatic N) is 3. The van der Waals surface area contributed by atoms with Gasteiger partial charge in [0.25, 0.3) is 5.56 Å². The predicted octanol–water partition coefficient (Wildman–Crippen LogP) is 2.18. The number of H-pyrrole nitrogens is 2. The molecule has 2 N–H and O–H groups in total. The fraction of sp³-hybridized carbons (Fsp3) is 0.350. The molecule has 4 rings (SSSR count). The molecule has 10 nitrogen and oxygen atoms in total. The summed E-state index contributed by atoms with van der Waals surface area (Å²) < 4.78 is 19.5. The monoisotopic (exact) mass is 413 g/mol. The molecule has 0 atom stereocenters. The smallest absolute Gasteiger partial charge is 0.327 e. The number of aryl methyl sites for hydroxylation is 1. The van der Waals surface area contributed by atoms with E-state index >= 15 is 0 Å². The van der Waals surface area contributed by atoms with Crippen LogP contribution in [0.25, 0.3) is 33.3 Å². The second-order valence-electron chi connectivity index (χ2n) is 7.19. The second kappa shape index (κ2) is 6.97. The van der Waals surface area contributed by atoms with Crippen molar-refractivity contribution in [1.82, 2.24) is 24.3 Å². The molecule has 158 valence electrons. The Morgan fingerprint density at radius 1 is 1.03 bits per heavy atom. The van der Waals surface area contributed by atoms with Gasteiger partial charge in [-0.2, -0.15) is 0 Å². The number of rotatable bonds is 5. The minimum atomic E-state index is -0.327. The van der Waals surface area contributed by atoms with E-state index in [1.165, 1.54) is 25.9 Å². The van der Waals surface area contributed by atoms with Crippen LogP contribution in [-0.2, 0) is 7.05 Å². The van der Waals surface area contributed by atoms with Crippen LogP contribution in [0.15, 0.2) is 21.7 Å². The van der Waals surface area contributed by atoms with E-state index in [0.717, 1.165) is 0 Å². The minimum absolute atomic E-state index is 0.0385. The third kappa shape index (κ3) is 2.67. The zero-order valence-corrected chi connectivity index (χ0v) is 17.6. The molecule has 0 radical (unpaired) electrons. The SMILES string of the molecule is COc1cc(-c2c3c(=O)[nH]n(C(C)C)c3nc3[nH]c(=O)n(C)c23)cc(OC)c1OC. The molecule has 10 heteroatoms. The number of fused-ring (bicyclic) bond motifs is 2. The Morgan fingerprint density at radius 2 is 1.67 bits per heavy atom. The largest absolute Gasteiger partial charge is 0.493 e. The first-order valence-corrected chi connectivity index (χ1v) is 9.35. The number of benzene rings is 1. The highest BCUT2D eigenvalue weighted by atomic mass is 16.5. The van der Waals surface area contributed by atoms with Gasteiger partial charge in [0.05, 0.1) is 32.2 Å². The fourth-order valence-corrected chi connectivity index (χ4v) is 3.75. The summed E-state index contributed by atoms with van der Waals surface area (Å²) in [6, 6.07) is 3.46. The summed E-state index contributed by atoms with van der Waals surface area (Å²) in [6.07, 6.45) is 0. The van der Waals surface area contributed by atoms with Crippen LogP contribution in [0.3, 0.4) is 0 Å². The normalized spacial score (nSPS) is 11.6. The molecule has 3 aromatic heterocycles. The van der Waals surface area contributed by atoms with Gasteiger partial charge < -0.3 is 14.2 Å². The first-order chi connectivity index (χ1) is 14.3. The lowest BCUT2D eigenvalue weighted by Gasteiger charge is -2.15. The number of pyridine rings is 1. The molecule has 0 bridgehead atoms. The lowest BCUT2D eigenvalue weighted by Crippen LogP contribution is -2.12. The van der Waals surface area contributed by atoms with Crippen molar-refractivity contribution < 1.29 is 14.2 Å². The van der Waals surface area contributed by atoms with Gasteiger partial charge in [0.1, 0.15) is 0 Å². The van der Waals surface area contributed by atoms with E-state index in [2.05, 4.69) is 15.1 Å². The topological polar surface area (TPSA) is 116 Å². The van der Waals surface area contributed by atoms with Gasteiger partial charge in [0.15, 0.2) is 22.8 Å². The number of imidazole rings is 1. The molecule has 0 spiro atoms. The predicted molar refractivity (Wildman–Crippen MR) is 113 cm³/mol. The summed E-state index contributed by atoms with van der Waals surface area (Å²) in [7, 11) is 6.19. The zero-order valence-electron chi connectivity index (χ0n) is 17.6. The molecular weight excluding hydrogens is 390 g/mol. The van der Waals surface area contributed by atoms with E-state index in [4.69, 9.17) is 14.2 Å². The molecular formula is C20H23N5O5. The van der Waals surface area contributed by atoms with E-state index in [9.17, 15) is 9.59 Å². The molecule has 0 saturated heterocycles. The van der Waals surface area contributed by atoms with Gasteiger partial charge >= 0.3 is 5.69 Å². The average molecular weight is 413 g/mol. The number of ether oxygens (including phenoxy) is 3. The molecule has 30 heavy (non-hydrogen) atoms. The highest BCUT2D eigenvalue weighted by Gasteiger charge is 2.24. The van der Waals surface area contributed by atoms with Crippen LogP contribution in [0, 0.1) is 0 Å². The summed E-state index contributed by atoms with van der Waals surface area (Å²) in [4.78, 5) is 32.7. The third-order valence-electron chi connectivity index (χ3n) is 5.16. The first kappa shape index (κ1) is 19.6. The molecule has 1 aromatic carbocycles. The lowest BCUT2D eigenvalue weighted by atomic mass is 10.0. The van der Waals surface area contributed by atoms with Gasteiger partial charge in [-0.15, -0.1) is 0 Å². The number of aromatic amines is 2. The summed E-state index contributed by atoms with van der Waals surface area (Å²) >= 11 is 0. The van der Waals surface area contributed by atoms with Crippen molar-refractivity contribution in [2.75, 3.05) is 21.3 Å². The van der Waals surface area contributed by atoms with Gasteiger partial charge in [-0.05, 0) is 31.5 Å². The van der Waals surface area contributed by atoms with Crippen molar-refractivity contribution in [3.05, 3.63) is 33.0 Å². The summed E-state index contributed by atoms with van der Waals surface area (Å²) in [5, 5.41) is 3.23. The van der Waals surface area contributed by atoms with Crippen molar-refractivity contribution >= 4 is 22.2 Å². The molecule has 0 amide bonds. The minimum Gasteiger partial charge on any atom is -0.493 e. The van der Waals surface area contributed by atoms with Crippen LogP contribution in [-0.4, -0.2) is 45.6 Å². The van der Waals surface area contributed by atoms with Crippen molar-refractivity contribution in [2.45, 2.75) is 19.9 Å². The summed E-state index contributed by atoms with van der Waals surface area (Å²) in [5.74, 6) is 1.30. The van der Waals surface area contributed by atoms with Crippen molar-refractivity contribution in [3.8, 4) is 28.4 Å². The van der Waals surface area contributed by atoms with Gasteiger partial charge in [0.2, 0.25) is 5.75 Å². The first-order valence-electron chi connectivity index (χ1n) is 9.35. The van der Waals surface area contributed by atoms with Crippen molar-refractivity contribution in [2.24, 2.45) is 7.05 Å². The van der Waals surface area contributed by atoms with E-state index < -0.39 is 0 Å². The van der Waals surface area contributed by atoms with Crippen LogP contribution >= 0.6 is 0 Å². The van der Waals surface area contributed by atoms with Gasteiger partial charge in [-0.25, -0.2) is 9.78 Å². The van der Waals surface area contributed by atoms with Crippen molar-refractivity contribution in [1.29, 1.82) is 0 Å². The standard InChI is InChI=1S/C20H23N5O5/c1-9(2)25-18-14(19(26)23-25)13(15-17(21-18)22-20(27)24(15)3)10-7-11(28-4)16(30-6)12(8-10)29-5/h7-9H,1-6H3,(H,23,26)(H,21,22,27). The maximum atomic E-state index is 13.0. The quantitative estimate of drug-likeness (QED) is 0.518. The molecule has 0 saturated carbocycles. The van der Waals surface area contributed by atoms with Crippen LogP contribution in [0.1, 0.15) is 19.9 Å². The number of aromatic nitrogens is 5. The third-order valence-corrected chi connectivity index (χ3v) is 5.16. The number of hydrogen-bond acceptors (Lipinski definition) is 6. The number of hydrogen-bond donors (Lipinski definition) is 2. The Hall–Kier alpha value is -3.69. The highest BCUT2D eigenvalue weighted by molar-refractivity contribution is 6.06. The maximum Gasteiger partial charge on any atom is 0.327 e. The Bertz CT molecular complexity index is 1360. The number of methoxy groups -OCH3 is 3. The molecule has 0 aliphatic heterocycles. The Balaban J connectivity index is 2.24. The zero-order chi connectivity index (χ0) is 21.7. The summed E-state index contributed by atoms with van der Waals surface area (Å²) in [6.45, 7) is 3.88. The fourth-order valence-electron chi connectivity index (χ4n) is 3.75. The van der Waals surface area contributed by atoms with Gasteiger partial charge in [0, 0.05) is 18.7 Å². The average Bonchev–Trinajstić information content (AvgIpc) is 3.21. The van der Waals surface area contributed by atoms with Gasteiger partial charge in [-0.3, -0.25) is 24.1 Å². The Morgan fingerprint density at radius 3 is 2.20 bits per heavy atom. The number of nitrogens with one attached hydrogen (secondary N) is 2. The van der Waals surface area contributed by atoms with E-state index in [-0.39, 0.29) is 17.3 Å². The Kier molecular flexibility index (Phi) is 4.56. The molecule has 0 aliphatic rings. The van der Waals surface area contributed by atoms with Crippen LogP contribution in [0.5, 0.6) is 17.2 Å². The summed E-state index contributed by atoms with van der Waals surface area (Å²) in [5.41, 5.74) is 1.89. The maximum absolute atomic E-state index is 13.0. The molecule has 4 aromatic rings. The van der Waals surface area contributed by atoms with E-state index in [0.29, 0.717) is 50.6 Å². The van der Waals surface area contributed by atoms with Crippen LogP contribution < -0.4 is 25.5 Å². The van der Waals surface area contributed by atoms with Gasteiger partial charge in [-0.1, -0.05) is 0 Å². The van der Waals surface area contributed by atoms with E-state index in [1.54, 1.807) is 23.9 Å². The van der Waals surface area contributed by atoms with Crippen LogP contribution in [0.2, 0.25) is 0 Å². The molecule has 3 heterocycles. The second-order valence-corrected chi connectivity index (χ2v) is 7.19. The lowest BCUT2D eigenvalue weighted by molar-refractivity contribution is 0.324. The molecule has 0 fully saturated rings. The highest BCUT2D eigenvalue weighted by Crippen LogP contribution is 2.43. The molecule has 0 unspecified atom stereocenters. The Labute approximate surface area is 171 Å². The van der Waals surface area contributed by atoms with E-state index in [1.807, 2.05) is 13.8 Å². The van der Waals surface area contributed by atoms with Crippen LogP contribution in [0.4, 0.5) is 0 Å². The van der Waals surface area contributed by atoms with Crippen molar-refractivity contribution in [3.63, 3.8) is 0 Å².